The number of carbonyl (C=O) groups is 1. The Kier molecular flexibility index (Phi) is 7.81. The Morgan fingerprint density at radius 1 is 1.19 bits per heavy atom. The highest BCUT2D eigenvalue weighted by Gasteiger charge is 2.25. The first-order valence-corrected chi connectivity index (χ1v) is 10.5. The summed E-state index contributed by atoms with van der Waals surface area (Å²) in [7, 11) is 1.70. The van der Waals surface area contributed by atoms with Crippen LogP contribution in [0.15, 0.2) is 47.5 Å². The summed E-state index contributed by atoms with van der Waals surface area (Å²) in [5.74, 6) is -0.440. The standard InChI is InChI=1S/C23H29F2N5O/c1-3-4-22(31)28-18-8-5-16(6-9-18)14-27-23(26-2)29-19-11-12-30(15-19)21-10-7-17(24)13-20(21)25/h5-10,13,19H,3-4,11-12,14-15H2,1-2H3,(H,28,31)(H2,26,27,29). The van der Waals surface area contributed by atoms with E-state index >= 15 is 0 Å². The molecule has 0 bridgehead atoms. The summed E-state index contributed by atoms with van der Waals surface area (Å²) < 4.78 is 27.2. The monoisotopic (exact) mass is 429 g/mol. The molecule has 0 saturated carbocycles. The second-order valence-corrected chi connectivity index (χ2v) is 7.59. The molecule has 166 valence electrons. The molecule has 1 amide bonds. The van der Waals surface area contributed by atoms with Crippen molar-refractivity contribution in [3.05, 3.63) is 59.7 Å². The number of halogens is 2. The van der Waals surface area contributed by atoms with Crippen LogP contribution in [0.5, 0.6) is 0 Å². The number of benzene rings is 2. The molecule has 8 heteroatoms. The zero-order valence-electron chi connectivity index (χ0n) is 17.9. The fourth-order valence-corrected chi connectivity index (χ4v) is 3.56. The van der Waals surface area contributed by atoms with Crippen LogP contribution in [0.1, 0.15) is 31.7 Å². The van der Waals surface area contributed by atoms with Crippen molar-refractivity contribution in [3.63, 3.8) is 0 Å². The van der Waals surface area contributed by atoms with Crippen LogP contribution < -0.4 is 20.9 Å². The summed E-state index contributed by atoms with van der Waals surface area (Å²) in [5.41, 5.74) is 2.25. The number of rotatable bonds is 7. The summed E-state index contributed by atoms with van der Waals surface area (Å²) in [6.45, 7) is 3.84. The van der Waals surface area contributed by atoms with Gasteiger partial charge in [0.05, 0.1) is 5.69 Å². The lowest BCUT2D eigenvalue weighted by Crippen LogP contribution is -2.44. The highest BCUT2D eigenvalue weighted by Crippen LogP contribution is 2.24. The number of hydrogen-bond donors (Lipinski definition) is 3. The average molecular weight is 430 g/mol. The van der Waals surface area contributed by atoms with Gasteiger partial charge in [-0.15, -0.1) is 0 Å². The molecule has 1 unspecified atom stereocenters. The molecule has 0 aliphatic carbocycles. The van der Waals surface area contributed by atoms with Crippen LogP contribution in [0, 0.1) is 11.6 Å². The normalized spacial score (nSPS) is 16.3. The molecule has 0 radical (unpaired) electrons. The molecule has 31 heavy (non-hydrogen) atoms. The van der Waals surface area contributed by atoms with Gasteiger partial charge >= 0.3 is 0 Å². The number of guanidine groups is 1. The fourth-order valence-electron chi connectivity index (χ4n) is 3.56. The highest BCUT2D eigenvalue weighted by atomic mass is 19.1. The van der Waals surface area contributed by atoms with E-state index in [9.17, 15) is 13.6 Å². The van der Waals surface area contributed by atoms with E-state index in [4.69, 9.17) is 0 Å². The third-order valence-corrected chi connectivity index (χ3v) is 5.18. The van der Waals surface area contributed by atoms with Crippen molar-refractivity contribution in [3.8, 4) is 0 Å². The SMILES string of the molecule is CCCC(=O)Nc1ccc(CNC(=NC)NC2CCN(c3ccc(F)cc3F)C2)cc1. The number of aliphatic imine (C=N–C) groups is 1. The topological polar surface area (TPSA) is 68.8 Å². The van der Waals surface area contributed by atoms with Crippen LogP contribution >= 0.6 is 0 Å². The van der Waals surface area contributed by atoms with E-state index in [-0.39, 0.29) is 11.9 Å². The minimum Gasteiger partial charge on any atom is -0.367 e. The summed E-state index contributed by atoms with van der Waals surface area (Å²) in [4.78, 5) is 17.8. The third-order valence-electron chi connectivity index (χ3n) is 5.18. The molecule has 1 heterocycles. The van der Waals surface area contributed by atoms with E-state index < -0.39 is 11.6 Å². The molecule has 6 nitrogen and oxygen atoms in total. The molecule has 2 aromatic carbocycles. The van der Waals surface area contributed by atoms with Gasteiger partial charge in [-0.3, -0.25) is 9.79 Å². The Morgan fingerprint density at radius 3 is 2.65 bits per heavy atom. The molecule has 1 atom stereocenters. The van der Waals surface area contributed by atoms with Gasteiger partial charge in [0.2, 0.25) is 5.91 Å². The molecule has 3 N–H and O–H groups in total. The van der Waals surface area contributed by atoms with Gasteiger partial charge in [0.25, 0.3) is 0 Å². The van der Waals surface area contributed by atoms with Gasteiger partial charge < -0.3 is 20.9 Å². The maximum absolute atomic E-state index is 14.0. The molecule has 1 aliphatic heterocycles. The predicted molar refractivity (Wildman–Crippen MR) is 120 cm³/mol. The number of nitrogens with one attached hydrogen (secondary N) is 3. The van der Waals surface area contributed by atoms with Crippen molar-refractivity contribution < 1.29 is 13.6 Å². The van der Waals surface area contributed by atoms with Gasteiger partial charge in [-0.2, -0.15) is 0 Å². The first kappa shape index (κ1) is 22.5. The maximum atomic E-state index is 14.0. The van der Waals surface area contributed by atoms with Crippen LogP contribution in [-0.2, 0) is 11.3 Å². The van der Waals surface area contributed by atoms with Gasteiger partial charge in [-0.1, -0.05) is 19.1 Å². The zero-order valence-corrected chi connectivity index (χ0v) is 17.9. The molecule has 1 saturated heterocycles. The Bertz CT molecular complexity index is 917. The van der Waals surface area contributed by atoms with Crippen molar-refractivity contribution in [2.75, 3.05) is 30.4 Å². The van der Waals surface area contributed by atoms with E-state index in [1.165, 1.54) is 12.1 Å². The van der Waals surface area contributed by atoms with Gasteiger partial charge in [-0.05, 0) is 42.7 Å². The van der Waals surface area contributed by atoms with Crippen LogP contribution in [0.3, 0.4) is 0 Å². The molecule has 3 rings (SSSR count). The second kappa shape index (κ2) is 10.7. The lowest BCUT2D eigenvalue weighted by Gasteiger charge is -2.21. The van der Waals surface area contributed by atoms with Crippen molar-refractivity contribution in [1.82, 2.24) is 10.6 Å². The Morgan fingerprint density at radius 2 is 1.97 bits per heavy atom. The Balaban J connectivity index is 1.48. The molecule has 1 fully saturated rings. The average Bonchev–Trinajstić information content (AvgIpc) is 3.20. The largest absolute Gasteiger partial charge is 0.367 e. The molecule has 1 aliphatic rings. The van der Waals surface area contributed by atoms with E-state index in [0.29, 0.717) is 37.7 Å². The summed E-state index contributed by atoms with van der Waals surface area (Å²) in [5, 5.41) is 9.51. The van der Waals surface area contributed by atoms with Gasteiger partial charge in [-0.25, -0.2) is 8.78 Å². The van der Waals surface area contributed by atoms with Gasteiger partial charge in [0.15, 0.2) is 5.96 Å². The summed E-state index contributed by atoms with van der Waals surface area (Å²) in [6, 6.07) is 11.4. The van der Waals surface area contributed by atoms with Crippen molar-refractivity contribution >= 4 is 23.2 Å². The van der Waals surface area contributed by atoms with E-state index in [0.717, 1.165) is 30.2 Å². The molecular weight excluding hydrogens is 400 g/mol. The molecule has 2 aromatic rings. The minimum absolute atomic E-state index is 0.0177. The Hall–Kier alpha value is -3.16. The van der Waals surface area contributed by atoms with E-state index in [1.807, 2.05) is 36.1 Å². The summed E-state index contributed by atoms with van der Waals surface area (Å²) >= 11 is 0. The minimum atomic E-state index is -0.573. The van der Waals surface area contributed by atoms with Crippen molar-refractivity contribution in [1.29, 1.82) is 0 Å². The third kappa shape index (κ3) is 6.41. The van der Waals surface area contributed by atoms with Gasteiger partial charge in [0.1, 0.15) is 11.6 Å². The smallest absolute Gasteiger partial charge is 0.224 e. The number of anilines is 2. The van der Waals surface area contributed by atoms with Crippen molar-refractivity contribution in [2.45, 2.75) is 38.8 Å². The molecule has 0 aromatic heterocycles. The van der Waals surface area contributed by atoms with E-state index in [2.05, 4.69) is 20.9 Å². The molecular formula is C23H29F2N5O. The highest BCUT2D eigenvalue weighted by molar-refractivity contribution is 5.90. The predicted octanol–water partition coefficient (Wildman–Crippen LogP) is 3.65. The first-order valence-electron chi connectivity index (χ1n) is 10.5. The van der Waals surface area contributed by atoms with Crippen LogP contribution in [0.2, 0.25) is 0 Å². The first-order chi connectivity index (χ1) is 15.0. The number of carbonyl (C=O) groups excluding carboxylic acids is 1. The van der Waals surface area contributed by atoms with Crippen LogP contribution in [0.25, 0.3) is 0 Å². The van der Waals surface area contributed by atoms with Crippen molar-refractivity contribution in [2.24, 2.45) is 4.99 Å². The van der Waals surface area contributed by atoms with Gasteiger partial charge in [0, 0.05) is 50.9 Å². The number of amides is 1. The lowest BCUT2D eigenvalue weighted by molar-refractivity contribution is -0.116. The van der Waals surface area contributed by atoms with Crippen LogP contribution in [0.4, 0.5) is 20.2 Å². The second-order valence-electron chi connectivity index (χ2n) is 7.59. The lowest BCUT2D eigenvalue weighted by atomic mass is 10.2. The van der Waals surface area contributed by atoms with E-state index in [1.54, 1.807) is 7.05 Å². The summed E-state index contributed by atoms with van der Waals surface area (Å²) in [6.07, 6.45) is 2.15. The maximum Gasteiger partial charge on any atom is 0.224 e. The Labute approximate surface area is 181 Å². The van der Waals surface area contributed by atoms with Crippen LogP contribution in [-0.4, -0.2) is 38.0 Å². The fraction of sp³-hybridized carbons (Fsp3) is 0.391. The zero-order chi connectivity index (χ0) is 22.2. The quantitative estimate of drug-likeness (QED) is 0.464. The molecule has 0 spiro atoms. The number of hydrogen-bond acceptors (Lipinski definition) is 3. The number of nitrogens with zero attached hydrogens (tertiary/aromatic N) is 2.